The Morgan fingerprint density at radius 1 is 1.11 bits per heavy atom. The molecular formula is C13H14N4O2. The van der Waals surface area contributed by atoms with Crippen molar-refractivity contribution in [2.45, 2.75) is 0 Å². The number of hydrogen-bond acceptors (Lipinski definition) is 6. The SMILES string of the molecule is C=CCOc1nc(N)nc(Oc2ccccc2)c1N. The number of aromatic nitrogens is 2. The van der Waals surface area contributed by atoms with Crippen LogP contribution in [0.5, 0.6) is 17.5 Å². The highest BCUT2D eigenvalue weighted by Crippen LogP contribution is 2.32. The summed E-state index contributed by atoms with van der Waals surface area (Å²) in [5, 5.41) is 0. The summed E-state index contributed by atoms with van der Waals surface area (Å²) < 4.78 is 10.8. The van der Waals surface area contributed by atoms with Crippen molar-refractivity contribution in [1.29, 1.82) is 0 Å². The number of hydrogen-bond donors (Lipinski definition) is 2. The van der Waals surface area contributed by atoms with Gasteiger partial charge >= 0.3 is 0 Å². The van der Waals surface area contributed by atoms with Gasteiger partial charge in [-0.2, -0.15) is 9.97 Å². The molecular weight excluding hydrogens is 244 g/mol. The van der Waals surface area contributed by atoms with Crippen molar-refractivity contribution >= 4 is 11.6 Å². The summed E-state index contributed by atoms with van der Waals surface area (Å²) in [6.07, 6.45) is 1.58. The van der Waals surface area contributed by atoms with Gasteiger partial charge in [-0.05, 0) is 12.1 Å². The van der Waals surface area contributed by atoms with E-state index in [1.54, 1.807) is 18.2 Å². The highest BCUT2D eigenvalue weighted by molar-refractivity contribution is 5.59. The smallest absolute Gasteiger partial charge is 0.251 e. The topological polar surface area (TPSA) is 96.3 Å². The fourth-order valence-electron chi connectivity index (χ4n) is 1.37. The van der Waals surface area contributed by atoms with E-state index in [1.165, 1.54) is 0 Å². The zero-order valence-electron chi connectivity index (χ0n) is 10.2. The lowest BCUT2D eigenvalue weighted by Gasteiger charge is -2.11. The van der Waals surface area contributed by atoms with Crippen LogP contribution in [-0.4, -0.2) is 16.6 Å². The van der Waals surface area contributed by atoms with Crippen LogP contribution in [0.3, 0.4) is 0 Å². The Bertz CT molecular complexity index is 572. The minimum Gasteiger partial charge on any atom is -0.472 e. The van der Waals surface area contributed by atoms with Gasteiger partial charge in [0.05, 0.1) is 0 Å². The third-order valence-corrected chi connectivity index (χ3v) is 2.19. The summed E-state index contributed by atoms with van der Waals surface area (Å²) in [7, 11) is 0. The van der Waals surface area contributed by atoms with E-state index in [4.69, 9.17) is 20.9 Å². The second-order valence-electron chi connectivity index (χ2n) is 3.62. The molecule has 6 nitrogen and oxygen atoms in total. The van der Waals surface area contributed by atoms with Gasteiger partial charge in [0.25, 0.3) is 5.88 Å². The number of ether oxygens (including phenoxy) is 2. The van der Waals surface area contributed by atoms with Gasteiger partial charge in [-0.25, -0.2) is 0 Å². The molecule has 0 saturated carbocycles. The van der Waals surface area contributed by atoms with E-state index < -0.39 is 0 Å². The molecule has 0 amide bonds. The number of nitrogens with zero attached hydrogens (tertiary/aromatic N) is 2. The first kappa shape index (κ1) is 12.7. The first-order chi connectivity index (χ1) is 9.20. The Morgan fingerprint density at radius 2 is 1.79 bits per heavy atom. The van der Waals surface area contributed by atoms with E-state index in [-0.39, 0.29) is 30.0 Å². The maximum atomic E-state index is 5.88. The quantitative estimate of drug-likeness (QED) is 0.796. The first-order valence-corrected chi connectivity index (χ1v) is 5.60. The summed E-state index contributed by atoms with van der Waals surface area (Å²) >= 11 is 0. The molecule has 0 radical (unpaired) electrons. The molecule has 0 aliphatic rings. The molecule has 4 N–H and O–H groups in total. The van der Waals surface area contributed by atoms with Gasteiger partial charge in [-0.3, -0.25) is 0 Å². The Labute approximate surface area is 110 Å². The fourth-order valence-corrected chi connectivity index (χ4v) is 1.37. The lowest BCUT2D eigenvalue weighted by atomic mass is 10.3. The molecule has 19 heavy (non-hydrogen) atoms. The second kappa shape index (κ2) is 5.72. The second-order valence-corrected chi connectivity index (χ2v) is 3.62. The molecule has 0 unspecified atom stereocenters. The number of nitrogen functional groups attached to an aromatic ring is 2. The minimum atomic E-state index is 0.0270. The van der Waals surface area contributed by atoms with Crippen LogP contribution < -0.4 is 20.9 Å². The Kier molecular flexibility index (Phi) is 3.82. The zero-order chi connectivity index (χ0) is 13.7. The predicted octanol–water partition coefficient (Wildman–Crippen LogP) is 2.00. The minimum absolute atomic E-state index is 0.0270. The molecule has 98 valence electrons. The van der Waals surface area contributed by atoms with Crippen molar-refractivity contribution < 1.29 is 9.47 Å². The fraction of sp³-hybridized carbons (Fsp3) is 0.0769. The maximum absolute atomic E-state index is 5.88. The van der Waals surface area contributed by atoms with Crippen molar-refractivity contribution in [3.05, 3.63) is 43.0 Å². The van der Waals surface area contributed by atoms with Gasteiger partial charge in [0.2, 0.25) is 11.8 Å². The molecule has 0 fully saturated rings. The molecule has 0 aliphatic carbocycles. The van der Waals surface area contributed by atoms with Crippen LogP contribution in [0.4, 0.5) is 11.6 Å². The van der Waals surface area contributed by atoms with Crippen molar-refractivity contribution in [2.75, 3.05) is 18.1 Å². The number of rotatable bonds is 5. The molecule has 0 atom stereocenters. The largest absolute Gasteiger partial charge is 0.472 e. The normalized spacial score (nSPS) is 9.89. The van der Waals surface area contributed by atoms with Crippen molar-refractivity contribution in [2.24, 2.45) is 0 Å². The van der Waals surface area contributed by atoms with Gasteiger partial charge in [0, 0.05) is 0 Å². The van der Waals surface area contributed by atoms with Crippen LogP contribution in [0.2, 0.25) is 0 Å². The Hall–Kier alpha value is -2.76. The summed E-state index contributed by atoms with van der Waals surface area (Å²) in [5.41, 5.74) is 11.7. The van der Waals surface area contributed by atoms with Crippen molar-refractivity contribution in [3.63, 3.8) is 0 Å². The van der Waals surface area contributed by atoms with E-state index in [0.29, 0.717) is 5.75 Å². The van der Waals surface area contributed by atoms with Gasteiger partial charge in [0.15, 0.2) is 5.69 Å². The highest BCUT2D eigenvalue weighted by Gasteiger charge is 2.13. The van der Waals surface area contributed by atoms with Crippen LogP contribution in [0.1, 0.15) is 0 Å². The van der Waals surface area contributed by atoms with Gasteiger partial charge in [-0.1, -0.05) is 30.9 Å². The van der Waals surface area contributed by atoms with E-state index >= 15 is 0 Å². The molecule has 0 saturated heterocycles. The number of nitrogens with two attached hydrogens (primary N) is 2. The van der Waals surface area contributed by atoms with E-state index in [1.807, 2.05) is 18.2 Å². The molecule has 2 aromatic rings. The number of para-hydroxylation sites is 1. The van der Waals surface area contributed by atoms with Crippen LogP contribution in [-0.2, 0) is 0 Å². The lowest BCUT2D eigenvalue weighted by molar-refractivity contribution is 0.347. The van der Waals surface area contributed by atoms with Gasteiger partial charge in [-0.15, -0.1) is 0 Å². The van der Waals surface area contributed by atoms with E-state index in [9.17, 15) is 0 Å². The maximum Gasteiger partial charge on any atom is 0.251 e. The molecule has 1 heterocycles. The average molecular weight is 258 g/mol. The number of anilines is 2. The van der Waals surface area contributed by atoms with E-state index in [2.05, 4.69) is 16.5 Å². The van der Waals surface area contributed by atoms with Crippen molar-refractivity contribution in [3.8, 4) is 17.5 Å². The van der Waals surface area contributed by atoms with Crippen LogP contribution in [0, 0.1) is 0 Å². The summed E-state index contributed by atoms with van der Waals surface area (Å²) in [6.45, 7) is 3.82. The third-order valence-electron chi connectivity index (χ3n) is 2.19. The monoisotopic (exact) mass is 258 g/mol. The highest BCUT2D eigenvalue weighted by atomic mass is 16.5. The average Bonchev–Trinajstić information content (AvgIpc) is 2.42. The summed E-state index contributed by atoms with van der Waals surface area (Å²) in [4.78, 5) is 7.85. The lowest BCUT2D eigenvalue weighted by Crippen LogP contribution is -2.06. The van der Waals surface area contributed by atoms with Crippen LogP contribution in [0.25, 0.3) is 0 Å². The summed E-state index contributed by atoms with van der Waals surface area (Å²) in [5.74, 6) is 0.970. The number of benzene rings is 1. The molecule has 0 spiro atoms. The predicted molar refractivity (Wildman–Crippen MR) is 73.1 cm³/mol. The molecule has 1 aromatic heterocycles. The Morgan fingerprint density at radius 3 is 2.47 bits per heavy atom. The van der Waals surface area contributed by atoms with Gasteiger partial charge in [0.1, 0.15) is 12.4 Å². The first-order valence-electron chi connectivity index (χ1n) is 5.60. The molecule has 0 aliphatic heterocycles. The molecule has 1 aromatic carbocycles. The van der Waals surface area contributed by atoms with E-state index in [0.717, 1.165) is 0 Å². The zero-order valence-corrected chi connectivity index (χ0v) is 10.2. The molecule has 6 heteroatoms. The van der Waals surface area contributed by atoms with Crippen LogP contribution >= 0.6 is 0 Å². The molecule has 2 rings (SSSR count). The third kappa shape index (κ3) is 3.12. The summed E-state index contributed by atoms with van der Waals surface area (Å²) in [6, 6.07) is 9.11. The standard InChI is InChI=1S/C13H14N4O2/c1-2-8-18-11-10(14)12(17-13(15)16-11)19-9-6-4-3-5-7-9/h2-7H,1,8,14H2,(H2,15,16,17). The van der Waals surface area contributed by atoms with Crippen LogP contribution in [0.15, 0.2) is 43.0 Å². The molecule has 0 bridgehead atoms. The van der Waals surface area contributed by atoms with Gasteiger partial charge < -0.3 is 20.9 Å². The Balaban J connectivity index is 2.29. The van der Waals surface area contributed by atoms with Crippen molar-refractivity contribution in [1.82, 2.24) is 9.97 Å².